The Morgan fingerprint density at radius 1 is 0.750 bits per heavy atom. The van der Waals surface area contributed by atoms with E-state index >= 15 is 0 Å². The van der Waals surface area contributed by atoms with Gasteiger partial charge in [-0.25, -0.2) is 4.79 Å². The van der Waals surface area contributed by atoms with E-state index in [4.69, 9.17) is 11.5 Å². The molecule has 20 heavy (non-hydrogen) atoms. The second kappa shape index (κ2) is 6.97. The topological polar surface area (TPSA) is 93.2 Å². The monoisotopic (exact) mass is 306 g/mol. The molecule has 5 nitrogen and oxygen atoms in total. The molecule has 0 spiro atoms. The molecule has 0 aliphatic heterocycles. The number of urea groups is 1. The van der Waals surface area contributed by atoms with Crippen LogP contribution in [0.4, 0.5) is 16.2 Å². The number of amides is 2. The van der Waals surface area contributed by atoms with E-state index < -0.39 is 0 Å². The minimum absolute atomic E-state index is 0.284. The molecular formula is C13H14N4OS2. The smallest absolute Gasteiger partial charge is 0.335 e. The fraction of sp³-hybridized carbons (Fsp3) is 0. The highest BCUT2D eigenvalue weighted by atomic mass is 32.2. The molecule has 6 N–H and O–H groups in total. The molecule has 0 radical (unpaired) electrons. The molecule has 2 rings (SSSR count). The van der Waals surface area contributed by atoms with Gasteiger partial charge in [-0.15, -0.1) is 0 Å². The van der Waals surface area contributed by atoms with Crippen molar-refractivity contribution in [1.29, 1.82) is 0 Å². The van der Waals surface area contributed by atoms with E-state index in [1.54, 1.807) is 24.3 Å². The third-order valence-corrected chi connectivity index (χ3v) is 3.87. The summed E-state index contributed by atoms with van der Waals surface area (Å²) in [6, 6.07) is 14.2. The highest BCUT2D eigenvalue weighted by molar-refractivity contribution is 7.99. The van der Waals surface area contributed by atoms with E-state index in [2.05, 4.69) is 9.44 Å². The summed E-state index contributed by atoms with van der Waals surface area (Å²) in [7, 11) is 0. The van der Waals surface area contributed by atoms with Gasteiger partial charge in [0.05, 0.1) is 0 Å². The second-order valence-electron chi connectivity index (χ2n) is 3.88. The predicted octanol–water partition coefficient (Wildman–Crippen LogP) is 2.86. The average Bonchev–Trinajstić information content (AvgIpc) is 2.46. The normalized spacial score (nSPS) is 10.0. The first-order chi connectivity index (χ1) is 9.63. The Balaban J connectivity index is 1.75. The average molecular weight is 306 g/mol. The molecule has 2 aromatic rings. The van der Waals surface area contributed by atoms with Crippen LogP contribution in [0, 0.1) is 0 Å². The molecule has 0 aliphatic carbocycles. The molecule has 0 heterocycles. The Labute approximate surface area is 125 Å². The number of nitrogen functional groups attached to an aromatic ring is 2. The fourth-order valence-corrected chi connectivity index (χ4v) is 2.44. The molecule has 0 saturated carbocycles. The minimum Gasteiger partial charge on any atom is -0.399 e. The summed E-state index contributed by atoms with van der Waals surface area (Å²) in [6.07, 6.45) is 0. The first kappa shape index (κ1) is 14.4. The zero-order chi connectivity index (χ0) is 14.4. The van der Waals surface area contributed by atoms with Gasteiger partial charge in [0.2, 0.25) is 0 Å². The highest BCUT2D eigenvalue weighted by Gasteiger charge is 2.02. The van der Waals surface area contributed by atoms with Gasteiger partial charge in [0.1, 0.15) is 0 Å². The van der Waals surface area contributed by atoms with Gasteiger partial charge in [-0.1, -0.05) is 0 Å². The van der Waals surface area contributed by atoms with Crippen molar-refractivity contribution in [1.82, 2.24) is 9.44 Å². The number of carbonyl (C=O) groups excluding carboxylic acids is 1. The molecule has 0 aromatic heterocycles. The quantitative estimate of drug-likeness (QED) is 0.515. The zero-order valence-electron chi connectivity index (χ0n) is 10.5. The molecule has 0 atom stereocenters. The van der Waals surface area contributed by atoms with E-state index in [1.165, 1.54) is 23.9 Å². The summed E-state index contributed by atoms with van der Waals surface area (Å²) in [4.78, 5) is 13.4. The molecule has 0 unspecified atom stereocenters. The van der Waals surface area contributed by atoms with E-state index in [-0.39, 0.29) is 6.03 Å². The van der Waals surface area contributed by atoms with Crippen molar-refractivity contribution in [3.8, 4) is 0 Å². The molecule has 0 fully saturated rings. The van der Waals surface area contributed by atoms with Gasteiger partial charge < -0.3 is 11.5 Å². The third kappa shape index (κ3) is 4.60. The minimum atomic E-state index is -0.284. The fourth-order valence-electron chi connectivity index (χ4n) is 1.30. The lowest BCUT2D eigenvalue weighted by Gasteiger charge is -2.06. The van der Waals surface area contributed by atoms with Gasteiger partial charge in [-0.2, -0.15) is 0 Å². The van der Waals surface area contributed by atoms with Crippen molar-refractivity contribution in [2.24, 2.45) is 0 Å². The van der Waals surface area contributed by atoms with Crippen LogP contribution in [0.2, 0.25) is 0 Å². The maximum absolute atomic E-state index is 11.6. The number of carbonyl (C=O) groups is 1. The highest BCUT2D eigenvalue weighted by Crippen LogP contribution is 2.18. The van der Waals surface area contributed by atoms with Crippen LogP contribution in [0.3, 0.4) is 0 Å². The van der Waals surface area contributed by atoms with E-state index in [9.17, 15) is 4.79 Å². The largest absolute Gasteiger partial charge is 0.399 e. The Kier molecular flexibility index (Phi) is 5.03. The molecule has 2 amide bonds. The van der Waals surface area contributed by atoms with Crippen LogP contribution in [0.15, 0.2) is 58.3 Å². The van der Waals surface area contributed by atoms with Crippen LogP contribution in [0.1, 0.15) is 0 Å². The number of nitrogens with one attached hydrogen (secondary N) is 2. The maximum atomic E-state index is 11.6. The van der Waals surface area contributed by atoms with Gasteiger partial charge in [0, 0.05) is 21.2 Å². The lowest BCUT2D eigenvalue weighted by Crippen LogP contribution is -2.25. The van der Waals surface area contributed by atoms with Crippen LogP contribution < -0.4 is 20.9 Å². The third-order valence-electron chi connectivity index (χ3n) is 2.28. The molecule has 0 aliphatic rings. The lowest BCUT2D eigenvalue weighted by molar-refractivity contribution is 0.252. The molecular weight excluding hydrogens is 292 g/mol. The number of hydrogen-bond acceptors (Lipinski definition) is 5. The van der Waals surface area contributed by atoms with Crippen molar-refractivity contribution in [3.05, 3.63) is 48.5 Å². The molecule has 104 valence electrons. The standard InChI is InChI=1S/C13H14N4OS2/c14-9-1-5-11(6-2-9)19-16-13(18)17-20-12-7-3-10(15)4-8-12/h1-8H,14-15H2,(H2,16,17,18). The van der Waals surface area contributed by atoms with E-state index in [1.807, 2.05) is 24.3 Å². The molecule has 7 heteroatoms. The summed E-state index contributed by atoms with van der Waals surface area (Å²) in [5.74, 6) is 0. The number of benzene rings is 2. The van der Waals surface area contributed by atoms with Gasteiger partial charge in [-0.3, -0.25) is 9.44 Å². The molecule has 0 saturated heterocycles. The van der Waals surface area contributed by atoms with Gasteiger partial charge in [0.15, 0.2) is 0 Å². The first-order valence-corrected chi connectivity index (χ1v) is 7.37. The van der Waals surface area contributed by atoms with Crippen LogP contribution in [-0.2, 0) is 0 Å². The first-order valence-electron chi connectivity index (χ1n) is 5.74. The van der Waals surface area contributed by atoms with Crippen LogP contribution >= 0.6 is 23.9 Å². The van der Waals surface area contributed by atoms with Crippen molar-refractivity contribution in [2.45, 2.75) is 9.79 Å². The number of rotatable bonds is 4. The maximum Gasteiger partial charge on any atom is 0.335 e. The van der Waals surface area contributed by atoms with Gasteiger partial charge in [-0.05, 0) is 72.4 Å². The zero-order valence-corrected chi connectivity index (χ0v) is 12.1. The van der Waals surface area contributed by atoms with Crippen molar-refractivity contribution in [2.75, 3.05) is 11.5 Å². The van der Waals surface area contributed by atoms with Crippen LogP contribution in [-0.4, -0.2) is 6.03 Å². The summed E-state index contributed by atoms with van der Waals surface area (Å²) >= 11 is 2.45. The SMILES string of the molecule is Nc1ccc(SNC(=O)NSc2ccc(N)cc2)cc1. The summed E-state index contributed by atoms with van der Waals surface area (Å²) < 4.78 is 5.36. The second-order valence-corrected chi connectivity index (χ2v) is 5.63. The number of hydrogen-bond donors (Lipinski definition) is 4. The molecule has 0 bridgehead atoms. The van der Waals surface area contributed by atoms with Gasteiger partial charge >= 0.3 is 6.03 Å². The molecule has 2 aromatic carbocycles. The Morgan fingerprint density at radius 2 is 1.10 bits per heavy atom. The van der Waals surface area contributed by atoms with Crippen molar-refractivity contribution in [3.63, 3.8) is 0 Å². The van der Waals surface area contributed by atoms with E-state index in [0.29, 0.717) is 11.4 Å². The summed E-state index contributed by atoms with van der Waals surface area (Å²) in [5.41, 5.74) is 12.6. The Hall–Kier alpha value is -1.99. The lowest BCUT2D eigenvalue weighted by atomic mass is 10.3. The number of nitrogens with two attached hydrogens (primary N) is 2. The van der Waals surface area contributed by atoms with Crippen molar-refractivity contribution < 1.29 is 4.79 Å². The van der Waals surface area contributed by atoms with Crippen LogP contribution in [0.5, 0.6) is 0 Å². The Bertz CT molecular complexity index is 520. The number of anilines is 2. The van der Waals surface area contributed by atoms with Crippen LogP contribution in [0.25, 0.3) is 0 Å². The van der Waals surface area contributed by atoms with Gasteiger partial charge in [0.25, 0.3) is 0 Å². The van der Waals surface area contributed by atoms with Crippen molar-refractivity contribution >= 4 is 41.3 Å². The predicted molar refractivity (Wildman–Crippen MR) is 85.1 cm³/mol. The summed E-state index contributed by atoms with van der Waals surface area (Å²) in [6.45, 7) is 0. The Morgan fingerprint density at radius 3 is 1.45 bits per heavy atom. The van der Waals surface area contributed by atoms with E-state index in [0.717, 1.165) is 9.79 Å². The summed E-state index contributed by atoms with van der Waals surface area (Å²) in [5, 5.41) is 0.